The number of hydrogen-bond acceptors (Lipinski definition) is 7. The van der Waals surface area contributed by atoms with Crippen LogP contribution in [0.2, 0.25) is 0 Å². The van der Waals surface area contributed by atoms with Gasteiger partial charge in [-0.3, -0.25) is 4.79 Å². The standard InChI is InChI=1S/C18H20N4O4/c1-11(10-24-2)19-16(23)9-15-21-18(26-22-15)13-8-17(25-3)20-14-7-5-4-6-12(13)14/h4-8,11H,9-10H2,1-3H3,(H,19,23). The Labute approximate surface area is 150 Å². The van der Waals surface area contributed by atoms with Crippen LogP contribution in [0.25, 0.3) is 22.4 Å². The van der Waals surface area contributed by atoms with Crippen LogP contribution in [0, 0.1) is 0 Å². The Morgan fingerprint density at radius 1 is 1.27 bits per heavy atom. The van der Waals surface area contributed by atoms with Crippen LogP contribution in [-0.4, -0.2) is 47.9 Å². The number of ether oxygens (including phenoxy) is 2. The molecule has 0 aliphatic carbocycles. The van der Waals surface area contributed by atoms with Crippen molar-refractivity contribution in [1.82, 2.24) is 20.4 Å². The van der Waals surface area contributed by atoms with E-state index in [1.54, 1.807) is 20.3 Å². The molecule has 0 aliphatic rings. The summed E-state index contributed by atoms with van der Waals surface area (Å²) in [6.45, 7) is 2.30. The van der Waals surface area contributed by atoms with Crippen molar-refractivity contribution in [2.45, 2.75) is 19.4 Å². The Hall–Kier alpha value is -3.00. The lowest BCUT2D eigenvalue weighted by atomic mass is 10.1. The van der Waals surface area contributed by atoms with Gasteiger partial charge in [-0.1, -0.05) is 23.4 Å². The lowest BCUT2D eigenvalue weighted by Gasteiger charge is -2.11. The number of carbonyl (C=O) groups is 1. The molecule has 1 aromatic carbocycles. The van der Waals surface area contributed by atoms with Crippen LogP contribution in [0.15, 0.2) is 34.9 Å². The normalized spacial score (nSPS) is 12.1. The van der Waals surface area contributed by atoms with E-state index in [1.165, 1.54) is 0 Å². The number of aromatic nitrogens is 3. The number of nitrogens with zero attached hydrogens (tertiary/aromatic N) is 3. The van der Waals surface area contributed by atoms with Crippen molar-refractivity contribution in [3.05, 3.63) is 36.2 Å². The molecule has 136 valence electrons. The van der Waals surface area contributed by atoms with Gasteiger partial charge in [-0.15, -0.1) is 0 Å². The van der Waals surface area contributed by atoms with Gasteiger partial charge in [0.25, 0.3) is 5.89 Å². The molecule has 2 aromatic heterocycles. The van der Waals surface area contributed by atoms with E-state index in [-0.39, 0.29) is 18.4 Å². The molecule has 1 N–H and O–H groups in total. The monoisotopic (exact) mass is 356 g/mol. The Kier molecular flexibility index (Phi) is 5.43. The number of para-hydroxylation sites is 1. The molecule has 26 heavy (non-hydrogen) atoms. The molecule has 0 bridgehead atoms. The summed E-state index contributed by atoms with van der Waals surface area (Å²) in [6.07, 6.45) is 0.0255. The number of amides is 1. The molecule has 8 nitrogen and oxygen atoms in total. The van der Waals surface area contributed by atoms with Gasteiger partial charge in [-0.05, 0) is 13.0 Å². The highest BCUT2D eigenvalue weighted by molar-refractivity contribution is 5.93. The van der Waals surface area contributed by atoms with E-state index in [2.05, 4.69) is 20.4 Å². The highest BCUT2D eigenvalue weighted by Crippen LogP contribution is 2.29. The predicted octanol–water partition coefficient (Wildman–Crippen LogP) is 1.99. The highest BCUT2D eigenvalue weighted by Gasteiger charge is 2.17. The van der Waals surface area contributed by atoms with Gasteiger partial charge < -0.3 is 19.3 Å². The summed E-state index contributed by atoms with van der Waals surface area (Å²) in [6, 6.07) is 9.24. The van der Waals surface area contributed by atoms with Crippen LogP contribution in [-0.2, 0) is 16.0 Å². The van der Waals surface area contributed by atoms with E-state index in [0.717, 1.165) is 10.9 Å². The maximum atomic E-state index is 12.0. The number of rotatable bonds is 7. The fourth-order valence-corrected chi connectivity index (χ4v) is 2.63. The molecule has 0 aliphatic heterocycles. The molecular formula is C18H20N4O4. The Balaban J connectivity index is 1.84. The quantitative estimate of drug-likeness (QED) is 0.691. The van der Waals surface area contributed by atoms with Crippen molar-refractivity contribution in [3.63, 3.8) is 0 Å². The van der Waals surface area contributed by atoms with Gasteiger partial charge in [0.2, 0.25) is 11.8 Å². The zero-order valence-electron chi connectivity index (χ0n) is 14.9. The first-order chi connectivity index (χ1) is 12.6. The van der Waals surface area contributed by atoms with Crippen molar-refractivity contribution in [1.29, 1.82) is 0 Å². The third kappa shape index (κ3) is 3.97. The molecule has 3 rings (SSSR count). The Morgan fingerprint density at radius 2 is 2.08 bits per heavy atom. The van der Waals surface area contributed by atoms with Crippen LogP contribution in [0.3, 0.4) is 0 Å². The lowest BCUT2D eigenvalue weighted by molar-refractivity contribution is -0.121. The van der Waals surface area contributed by atoms with E-state index < -0.39 is 0 Å². The molecule has 0 saturated carbocycles. The van der Waals surface area contributed by atoms with E-state index in [1.807, 2.05) is 31.2 Å². The average molecular weight is 356 g/mol. The molecule has 0 radical (unpaired) electrons. The second-order valence-corrected chi connectivity index (χ2v) is 5.85. The fraction of sp³-hybridized carbons (Fsp3) is 0.333. The topological polar surface area (TPSA) is 99.4 Å². The molecule has 0 spiro atoms. The third-order valence-corrected chi connectivity index (χ3v) is 3.74. The number of nitrogens with one attached hydrogen (secondary N) is 1. The SMILES string of the molecule is COCC(C)NC(=O)Cc1noc(-c2cc(OC)nc3ccccc23)n1. The first-order valence-electron chi connectivity index (χ1n) is 8.15. The van der Waals surface area contributed by atoms with Gasteiger partial charge in [-0.2, -0.15) is 4.98 Å². The minimum atomic E-state index is -0.195. The number of hydrogen-bond donors (Lipinski definition) is 1. The second-order valence-electron chi connectivity index (χ2n) is 5.85. The lowest BCUT2D eigenvalue weighted by Crippen LogP contribution is -2.36. The van der Waals surface area contributed by atoms with Crippen molar-refractivity contribution in [2.75, 3.05) is 20.8 Å². The van der Waals surface area contributed by atoms with Gasteiger partial charge in [0.15, 0.2) is 5.82 Å². The van der Waals surface area contributed by atoms with Crippen LogP contribution in [0.1, 0.15) is 12.7 Å². The number of benzene rings is 1. The summed E-state index contributed by atoms with van der Waals surface area (Å²) in [5.41, 5.74) is 1.46. The maximum absolute atomic E-state index is 12.0. The van der Waals surface area contributed by atoms with E-state index >= 15 is 0 Å². The van der Waals surface area contributed by atoms with Crippen molar-refractivity contribution in [3.8, 4) is 17.3 Å². The average Bonchev–Trinajstić information content (AvgIpc) is 3.08. The molecule has 1 atom stereocenters. The maximum Gasteiger partial charge on any atom is 0.258 e. The fourth-order valence-electron chi connectivity index (χ4n) is 2.63. The smallest absolute Gasteiger partial charge is 0.258 e. The first-order valence-corrected chi connectivity index (χ1v) is 8.15. The number of fused-ring (bicyclic) bond motifs is 1. The minimum absolute atomic E-state index is 0.0255. The molecule has 1 unspecified atom stereocenters. The summed E-state index contributed by atoms with van der Waals surface area (Å²) in [4.78, 5) is 20.8. The highest BCUT2D eigenvalue weighted by atomic mass is 16.5. The molecule has 1 amide bonds. The van der Waals surface area contributed by atoms with Crippen LogP contribution < -0.4 is 10.1 Å². The molecule has 0 fully saturated rings. The van der Waals surface area contributed by atoms with E-state index in [9.17, 15) is 4.79 Å². The van der Waals surface area contributed by atoms with Crippen molar-refractivity contribution < 1.29 is 18.8 Å². The minimum Gasteiger partial charge on any atom is -0.481 e. The van der Waals surface area contributed by atoms with E-state index in [4.69, 9.17) is 14.0 Å². The second kappa shape index (κ2) is 7.92. The molecule has 3 aromatic rings. The summed E-state index contributed by atoms with van der Waals surface area (Å²) in [7, 11) is 3.13. The van der Waals surface area contributed by atoms with Gasteiger partial charge >= 0.3 is 0 Å². The molecule has 2 heterocycles. The number of carbonyl (C=O) groups excluding carboxylic acids is 1. The molecular weight excluding hydrogens is 336 g/mol. The van der Waals surface area contributed by atoms with Crippen molar-refractivity contribution >= 4 is 16.8 Å². The number of pyridine rings is 1. The van der Waals surface area contributed by atoms with Crippen molar-refractivity contribution in [2.24, 2.45) is 0 Å². The molecule has 0 saturated heterocycles. The summed E-state index contributed by atoms with van der Waals surface area (Å²) >= 11 is 0. The van der Waals surface area contributed by atoms with Crippen LogP contribution in [0.5, 0.6) is 5.88 Å². The van der Waals surface area contributed by atoms with E-state index in [0.29, 0.717) is 29.8 Å². The number of methoxy groups -OCH3 is 2. The zero-order chi connectivity index (χ0) is 18.5. The summed E-state index contributed by atoms with van der Waals surface area (Å²) in [5.74, 6) is 0.875. The zero-order valence-corrected chi connectivity index (χ0v) is 14.9. The van der Waals surface area contributed by atoms with Crippen LogP contribution in [0.4, 0.5) is 0 Å². The van der Waals surface area contributed by atoms with Gasteiger partial charge in [0.05, 0.1) is 31.2 Å². The Bertz CT molecular complexity index is 909. The molecule has 8 heteroatoms. The summed E-state index contributed by atoms with van der Waals surface area (Å²) < 4.78 is 15.6. The predicted molar refractivity (Wildman–Crippen MR) is 94.8 cm³/mol. The largest absolute Gasteiger partial charge is 0.481 e. The van der Waals surface area contributed by atoms with Gasteiger partial charge in [-0.25, -0.2) is 4.98 Å². The first kappa shape index (κ1) is 17.8. The van der Waals surface area contributed by atoms with Gasteiger partial charge in [0.1, 0.15) is 0 Å². The van der Waals surface area contributed by atoms with Gasteiger partial charge in [0, 0.05) is 24.6 Å². The van der Waals surface area contributed by atoms with Crippen LogP contribution >= 0.6 is 0 Å². The Morgan fingerprint density at radius 3 is 2.85 bits per heavy atom. The summed E-state index contributed by atoms with van der Waals surface area (Å²) in [5, 5.41) is 7.58. The third-order valence-electron chi connectivity index (χ3n) is 3.74.